The fourth-order valence-electron chi connectivity index (χ4n) is 3.75. The van der Waals surface area contributed by atoms with Crippen LogP contribution >= 0.6 is 11.3 Å². The van der Waals surface area contributed by atoms with E-state index < -0.39 is 22.8 Å². The van der Waals surface area contributed by atoms with Crippen molar-refractivity contribution in [1.29, 1.82) is 5.26 Å². The van der Waals surface area contributed by atoms with Crippen LogP contribution in [0.2, 0.25) is 0 Å². The van der Waals surface area contributed by atoms with Crippen LogP contribution < -0.4 is 11.2 Å². The van der Waals surface area contributed by atoms with Crippen molar-refractivity contribution in [1.82, 2.24) is 14.1 Å². The molecular weight excluding hydrogens is 444 g/mol. The number of aliphatic carboxylic acids is 1. The van der Waals surface area contributed by atoms with Gasteiger partial charge in [0.1, 0.15) is 16.6 Å². The number of hydrogen-bond acceptors (Lipinski definition) is 7. The Morgan fingerprint density at radius 2 is 2.03 bits per heavy atom. The van der Waals surface area contributed by atoms with Gasteiger partial charge in [-0.25, -0.2) is 19.1 Å². The number of carboxylic acids is 1. The van der Waals surface area contributed by atoms with Crippen LogP contribution in [0.1, 0.15) is 30.5 Å². The zero-order valence-electron chi connectivity index (χ0n) is 18.2. The van der Waals surface area contributed by atoms with E-state index in [9.17, 15) is 24.8 Å². The summed E-state index contributed by atoms with van der Waals surface area (Å²) < 4.78 is 7.60. The highest BCUT2D eigenvalue weighted by atomic mass is 32.1. The highest BCUT2D eigenvalue weighted by molar-refractivity contribution is 7.22. The molecule has 3 aromatic heterocycles. The summed E-state index contributed by atoms with van der Waals surface area (Å²) in [5.74, 6) is -0.991. The Morgan fingerprint density at radius 1 is 1.30 bits per heavy atom. The van der Waals surface area contributed by atoms with Crippen molar-refractivity contribution in [2.24, 2.45) is 0 Å². The molecule has 0 bridgehead atoms. The van der Waals surface area contributed by atoms with Gasteiger partial charge in [0.05, 0.1) is 28.1 Å². The Labute approximate surface area is 191 Å². The summed E-state index contributed by atoms with van der Waals surface area (Å²) in [6.45, 7) is 4.50. The molecule has 0 atom stereocenters. The van der Waals surface area contributed by atoms with E-state index in [1.54, 1.807) is 31.2 Å². The zero-order valence-corrected chi connectivity index (χ0v) is 19.0. The predicted molar refractivity (Wildman–Crippen MR) is 122 cm³/mol. The monoisotopic (exact) mass is 464 g/mol. The standard InChI is InChI=1S/C23H20N4O5S/c1-13-16-19(28)27(23(2,3)21(29)30)22(31)26(10-8-14-6-4-5-7-15(14)12-24)20(16)33-17(13)18-25-9-11-32-18/h4-7,9,11H,8,10H2,1-3H3,(H,29,30). The SMILES string of the molecule is Cc1c(-c2ncco2)sc2c1c(=O)n(C(C)(C)C(=O)O)c(=O)n2CCc1ccccc1C#N. The normalized spacial score (nSPS) is 11.6. The third-order valence-corrected chi connectivity index (χ3v) is 6.97. The maximum atomic E-state index is 13.5. The fourth-order valence-corrected chi connectivity index (χ4v) is 5.01. The number of fused-ring (bicyclic) bond motifs is 1. The number of oxazole rings is 1. The second kappa shape index (κ2) is 8.18. The van der Waals surface area contributed by atoms with E-state index in [1.807, 2.05) is 0 Å². The third kappa shape index (κ3) is 3.56. The first kappa shape index (κ1) is 22.2. The van der Waals surface area contributed by atoms with Crippen molar-refractivity contribution in [3.8, 4) is 16.8 Å². The quantitative estimate of drug-likeness (QED) is 0.464. The molecular formula is C23H20N4O5S. The molecule has 0 aliphatic heterocycles. The van der Waals surface area contributed by atoms with Crippen LogP contribution in [0.15, 0.2) is 50.7 Å². The molecule has 0 unspecified atom stereocenters. The smallest absolute Gasteiger partial charge is 0.333 e. The van der Waals surface area contributed by atoms with Gasteiger partial charge in [-0.1, -0.05) is 18.2 Å². The van der Waals surface area contributed by atoms with Gasteiger partial charge in [0.2, 0.25) is 5.89 Å². The molecule has 4 aromatic rings. The maximum Gasteiger partial charge on any atom is 0.333 e. The highest BCUT2D eigenvalue weighted by Gasteiger charge is 2.35. The third-order valence-electron chi connectivity index (χ3n) is 5.66. The fraction of sp³-hybridized carbons (Fsp3) is 0.261. The van der Waals surface area contributed by atoms with Gasteiger partial charge in [-0.05, 0) is 44.4 Å². The van der Waals surface area contributed by atoms with Crippen molar-refractivity contribution in [2.75, 3.05) is 0 Å². The van der Waals surface area contributed by atoms with E-state index in [0.29, 0.717) is 33.1 Å². The van der Waals surface area contributed by atoms with Crippen molar-refractivity contribution in [2.45, 2.75) is 39.3 Å². The van der Waals surface area contributed by atoms with Crippen molar-refractivity contribution in [3.05, 3.63) is 74.3 Å². The molecule has 3 heterocycles. The summed E-state index contributed by atoms with van der Waals surface area (Å²) in [4.78, 5) is 44.0. The Bertz CT molecular complexity index is 1530. The minimum atomic E-state index is -1.77. The summed E-state index contributed by atoms with van der Waals surface area (Å²) in [7, 11) is 0. The lowest BCUT2D eigenvalue weighted by Gasteiger charge is -2.23. The highest BCUT2D eigenvalue weighted by Crippen LogP contribution is 2.35. The number of nitriles is 1. The first-order chi connectivity index (χ1) is 15.7. The Kier molecular flexibility index (Phi) is 5.51. The van der Waals surface area contributed by atoms with Crippen LogP contribution in [0.5, 0.6) is 0 Å². The number of aryl methyl sites for hydroxylation is 3. The number of hydrogen-bond donors (Lipinski definition) is 1. The lowest BCUT2D eigenvalue weighted by Crippen LogP contribution is -2.52. The number of carboxylic acid groups (broad SMARTS) is 1. The first-order valence-electron chi connectivity index (χ1n) is 10.1. The average molecular weight is 465 g/mol. The van der Waals surface area contributed by atoms with E-state index in [0.717, 1.165) is 10.1 Å². The van der Waals surface area contributed by atoms with Crippen LogP contribution in [-0.4, -0.2) is 25.2 Å². The molecule has 10 heteroatoms. The summed E-state index contributed by atoms with van der Waals surface area (Å²) in [5, 5.41) is 19.4. The lowest BCUT2D eigenvalue weighted by molar-refractivity contribution is -0.146. The van der Waals surface area contributed by atoms with Crippen LogP contribution in [-0.2, 0) is 23.3 Å². The minimum absolute atomic E-state index is 0.148. The lowest BCUT2D eigenvalue weighted by atomic mass is 10.0. The molecule has 0 aliphatic rings. The van der Waals surface area contributed by atoms with Gasteiger partial charge in [-0.3, -0.25) is 9.36 Å². The van der Waals surface area contributed by atoms with Gasteiger partial charge in [0.25, 0.3) is 5.56 Å². The number of aromatic nitrogens is 3. The number of carbonyl (C=O) groups is 1. The second-order valence-corrected chi connectivity index (χ2v) is 9.03. The Hall–Kier alpha value is -3.97. The molecule has 33 heavy (non-hydrogen) atoms. The molecule has 4 rings (SSSR count). The number of rotatable bonds is 6. The Balaban J connectivity index is 2.00. The van der Waals surface area contributed by atoms with Crippen LogP contribution in [0.25, 0.3) is 21.0 Å². The van der Waals surface area contributed by atoms with Crippen molar-refractivity contribution < 1.29 is 14.3 Å². The summed E-state index contributed by atoms with van der Waals surface area (Å²) in [5.41, 5.74) is -1.38. The van der Waals surface area contributed by atoms with Gasteiger partial charge in [0.15, 0.2) is 0 Å². The molecule has 1 aromatic carbocycles. The van der Waals surface area contributed by atoms with Crippen LogP contribution in [0, 0.1) is 18.3 Å². The van der Waals surface area contributed by atoms with Crippen LogP contribution in [0.4, 0.5) is 0 Å². The molecule has 0 aliphatic carbocycles. The molecule has 0 amide bonds. The first-order valence-corrected chi connectivity index (χ1v) is 10.9. The van der Waals surface area contributed by atoms with Crippen LogP contribution in [0.3, 0.4) is 0 Å². The maximum absolute atomic E-state index is 13.5. The topological polar surface area (TPSA) is 131 Å². The summed E-state index contributed by atoms with van der Waals surface area (Å²) in [6, 6.07) is 9.19. The molecule has 0 saturated carbocycles. The number of thiophene rings is 1. The van der Waals surface area contributed by atoms with Gasteiger partial charge in [-0.2, -0.15) is 5.26 Å². The molecule has 0 spiro atoms. The van der Waals surface area contributed by atoms with Gasteiger partial charge in [0, 0.05) is 6.54 Å². The van der Waals surface area contributed by atoms with Crippen molar-refractivity contribution in [3.63, 3.8) is 0 Å². The second-order valence-electron chi connectivity index (χ2n) is 8.03. The van der Waals surface area contributed by atoms with Gasteiger partial charge in [-0.15, -0.1) is 11.3 Å². The number of benzene rings is 1. The van der Waals surface area contributed by atoms with E-state index in [2.05, 4.69) is 11.1 Å². The molecule has 0 radical (unpaired) electrons. The minimum Gasteiger partial charge on any atom is -0.480 e. The van der Waals surface area contributed by atoms with Crippen molar-refractivity contribution >= 4 is 27.5 Å². The molecule has 0 saturated heterocycles. The molecule has 1 N–H and O–H groups in total. The molecule has 0 fully saturated rings. The number of nitrogens with zero attached hydrogens (tertiary/aromatic N) is 4. The van der Waals surface area contributed by atoms with E-state index in [4.69, 9.17) is 4.42 Å². The van der Waals surface area contributed by atoms with E-state index in [1.165, 1.54) is 42.2 Å². The predicted octanol–water partition coefficient (Wildman–Crippen LogP) is 3.12. The summed E-state index contributed by atoms with van der Waals surface area (Å²) >= 11 is 1.19. The van der Waals surface area contributed by atoms with E-state index in [-0.39, 0.29) is 11.9 Å². The van der Waals surface area contributed by atoms with E-state index >= 15 is 0 Å². The largest absolute Gasteiger partial charge is 0.480 e. The van der Waals surface area contributed by atoms with Gasteiger partial charge >= 0.3 is 11.7 Å². The summed E-state index contributed by atoms with van der Waals surface area (Å²) in [6.07, 6.45) is 3.24. The van der Waals surface area contributed by atoms with Gasteiger partial charge < -0.3 is 9.52 Å². The molecule has 168 valence electrons. The molecule has 9 nitrogen and oxygen atoms in total. The zero-order chi connectivity index (χ0) is 23.9. The average Bonchev–Trinajstić information content (AvgIpc) is 3.41. The Morgan fingerprint density at radius 3 is 2.67 bits per heavy atom.